The summed E-state index contributed by atoms with van der Waals surface area (Å²) in [5, 5.41) is 11.8. The Balaban J connectivity index is 1.76. The second-order valence-corrected chi connectivity index (χ2v) is 7.17. The van der Waals surface area contributed by atoms with E-state index in [0.29, 0.717) is 37.7 Å². The first-order chi connectivity index (χ1) is 14.3. The maximum atomic E-state index is 13.2. The first-order valence-electron chi connectivity index (χ1n) is 9.73. The van der Waals surface area contributed by atoms with Crippen LogP contribution in [-0.2, 0) is 22.4 Å². The molecule has 0 aromatic heterocycles. The van der Waals surface area contributed by atoms with Gasteiger partial charge in [0.1, 0.15) is 11.9 Å². The Kier molecular flexibility index (Phi) is 8.86. The fourth-order valence-corrected chi connectivity index (χ4v) is 3.05. The molecule has 0 saturated carbocycles. The molecule has 2 aromatic rings. The summed E-state index contributed by atoms with van der Waals surface area (Å²) >= 11 is 0. The van der Waals surface area contributed by atoms with Crippen molar-refractivity contribution in [3.8, 4) is 0 Å². The van der Waals surface area contributed by atoms with Crippen LogP contribution in [0.1, 0.15) is 36.8 Å². The number of carbonyl (C=O) groups is 2. The van der Waals surface area contributed by atoms with Gasteiger partial charge in [-0.15, -0.1) is 0 Å². The first-order valence-corrected chi connectivity index (χ1v) is 9.73. The fourth-order valence-electron chi connectivity index (χ4n) is 3.05. The Morgan fingerprint density at radius 2 is 1.50 bits per heavy atom. The van der Waals surface area contributed by atoms with Gasteiger partial charge in [0, 0.05) is 0 Å². The summed E-state index contributed by atoms with van der Waals surface area (Å²) in [5.41, 5.74) is 7.33. The number of rotatable bonds is 11. The lowest BCUT2D eigenvalue weighted by Gasteiger charge is -2.18. The summed E-state index contributed by atoms with van der Waals surface area (Å²) in [6.07, 6.45) is 2.40. The number of halogens is 3. The number of hydrogen-bond donors (Lipinski definition) is 3. The van der Waals surface area contributed by atoms with Crippen LogP contribution in [0.2, 0.25) is 0 Å². The molecule has 1 amide bonds. The highest BCUT2D eigenvalue weighted by molar-refractivity contribution is 5.86. The van der Waals surface area contributed by atoms with Gasteiger partial charge in [0.25, 0.3) is 0 Å². The lowest BCUT2D eigenvalue weighted by atomic mass is 10.0. The van der Waals surface area contributed by atoms with Crippen LogP contribution in [0.15, 0.2) is 42.5 Å². The molecular weight excluding hydrogens is 397 g/mol. The summed E-state index contributed by atoms with van der Waals surface area (Å²) in [5.74, 6) is -3.97. The van der Waals surface area contributed by atoms with Crippen LogP contribution in [0.3, 0.4) is 0 Å². The van der Waals surface area contributed by atoms with Gasteiger partial charge in [0.2, 0.25) is 5.91 Å². The Morgan fingerprint density at radius 1 is 0.900 bits per heavy atom. The zero-order chi connectivity index (χ0) is 22.1. The molecule has 0 bridgehead atoms. The second-order valence-electron chi connectivity index (χ2n) is 7.17. The summed E-state index contributed by atoms with van der Waals surface area (Å²) in [6.45, 7) is 0. The molecule has 0 fully saturated rings. The van der Waals surface area contributed by atoms with Crippen molar-refractivity contribution >= 4 is 11.9 Å². The molecule has 0 saturated heterocycles. The molecule has 0 heterocycles. The van der Waals surface area contributed by atoms with Crippen molar-refractivity contribution in [3.05, 3.63) is 71.0 Å². The molecule has 2 atom stereocenters. The van der Waals surface area contributed by atoms with E-state index >= 15 is 0 Å². The summed E-state index contributed by atoms with van der Waals surface area (Å²) < 4.78 is 39.1. The van der Waals surface area contributed by atoms with Crippen molar-refractivity contribution in [2.75, 3.05) is 0 Å². The second kappa shape index (κ2) is 11.3. The molecular formula is C22H25F3N2O3. The van der Waals surface area contributed by atoms with E-state index in [2.05, 4.69) is 5.32 Å². The van der Waals surface area contributed by atoms with Gasteiger partial charge in [-0.2, -0.15) is 0 Å². The van der Waals surface area contributed by atoms with Crippen LogP contribution in [0, 0.1) is 17.5 Å². The molecule has 0 aliphatic heterocycles. The van der Waals surface area contributed by atoms with E-state index in [4.69, 9.17) is 5.73 Å². The van der Waals surface area contributed by atoms with Gasteiger partial charge in [-0.05, 0) is 73.9 Å². The molecule has 2 unspecified atom stereocenters. The van der Waals surface area contributed by atoms with Crippen LogP contribution < -0.4 is 11.1 Å². The van der Waals surface area contributed by atoms with Crippen molar-refractivity contribution < 1.29 is 27.9 Å². The third-order valence-corrected chi connectivity index (χ3v) is 4.79. The SMILES string of the molecule is NC(CCCc1ccc(F)cc1)C(=O)NC(CCCc1ccc(F)c(F)c1)C(=O)O. The topological polar surface area (TPSA) is 92.4 Å². The van der Waals surface area contributed by atoms with Crippen molar-refractivity contribution in [3.63, 3.8) is 0 Å². The smallest absolute Gasteiger partial charge is 0.326 e. The number of amides is 1. The number of nitrogens with one attached hydrogen (secondary N) is 1. The molecule has 0 aliphatic rings. The summed E-state index contributed by atoms with van der Waals surface area (Å²) in [7, 11) is 0. The maximum absolute atomic E-state index is 13.2. The van der Waals surface area contributed by atoms with Crippen molar-refractivity contribution in [1.82, 2.24) is 5.32 Å². The number of carboxylic acids is 1. The van der Waals surface area contributed by atoms with E-state index in [1.165, 1.54) is 18.2 Å². The van der Waals surface area contributed by atoms with Crippen LogP contribution >= 0.6 is 0 Å². The minimum Gasteiger partial charge on any atom is -0.480 e. The Morgan fingerprint density at radius 3 is 2.13 bits per heavy atom. The number of aliphatic carboxylic acids is 1. The van der Waals surface area contributed by atoms with Gasteiger partial charge >= 0.3 is 5.97 Å². The Bertz CT molecular complexity index is 859. The van der Waals surface area contributed by atoms with Crippen LogP contribution in [-0.4, -0.2) is 29.1 Å². The average Bonchev–Trinajstić information content (AvgIpc) is 2.71. The molecule has 2 aromatic carbocycles. The Hall–Kier alpha value is -2.87. The van der Waals surface area contributed by atoms with Gasteiger partial charge < -0.3 is 16.2 Å². The largest absolute Gasteiger partial charge is 0.480 e. The molecule has 2 rings (SSSR count). The van der Waals surface area contributed by atoms with Crippen LogP contribution in [0.4, 0.5) is 13.2 Å². The van der Waals surface area contributed by atoms with E-state index in [1.807, 2.05) is 0 Å². The Labute approximate surface area is 173 Å². The highest BCUT2D eigenvalue weighted by Crippen LogP contribution is 2.13. The van der Waals surface area contributed by atoms with E-state index in [-0.39, 0.29) is 12.2 Å². The average molecular weight is 422 g/mol. The van der Waals surface area contributed by atoms with E-state index in [9.17, 15) is 27.9 Å². The predicted molar refractivity (Wildman–Crippen MR) is 106 cm³/mol. The lowest BCUT2D eigenvalue weighted by Crippen LogP contribution is -2.48. The molecule has 8 heteroatoms. The molecule has 0 radical (unpaired) electrons. The van der Waals surface area contributed by atoms with Crippen LogP contribution in [0.5, 0.6) is 0 Å². The van der Waals surface area contributed by atoms with Crippen molar-refractivity contribution in [1.29, 1.82) is 0 Å². The zero-order valence-corrected chi connectivity index (χ0v) is 16.4. The quantitative estimate of drug-likeness (QED) is 0.518. The third kappa shape index (κ3) is 7.51. The highest BCUT2D eigenvalue weighted by atomic mass is 19.2. The molecule has 30 heavy (non-hydrogen) atoms. The number of nitrogens with two attached hydrogens (primary N) is 1. The molecule has 5 nitrogen and oxygen atoms in total. The fraction of sp³-hybridized carbons (Fsp3) is 0.364. The minimum absolute atomic E-state index is 0.127. The summed E-state index contributed by atoms with van der Waals surface area (Å²) in [6, 6.07) is 7.59. The number of carbonyl (C=O) groups excluding carboxylic acids is 1. The standard InChI is InChI=1S/C22H25F3N2O3/c23-16-10-7-14(8-11-16)3-1-5-19(26)21(28)27-20(22(29)30)6-2-4-15-9-12-17(24)18(25)13-15/h7-13,19-20H,1-6,26H2,(H,27,28)(H,29,30). The zero-order valence-electron chi connectivity index (χ0n) is 16.4. The summed E-state index contributed by atoms with van der Waals surface area (Å²) in [4.78, 5) is 23.6. The number of carboxylic acid groups (broad SMARTS) is 1. The van der Waals surface area contributed by atoms with Crippen molar-refractivity contribution in [2.45, 2.75) is 50.6 Å². The maximum Gasteiger partial charge on any atom is 0.326 e. The van der Waals surface area contributed by atoms with Gasteiger partial charge in [-0.1, -0.05) is 18.2 Å². The molecule has 0 spiro atoms. The van der Waals surface area contributed by atoms with E-state index in [0.717, 1.165) is 17.7 Å². The van der Waals surface area contributed by atoms with Crippen LogP contribution in [0.25, 0.3) is 0 Å². The first kappa shape index (κ1) is 23.4. The number of benzene rings is 2. The van der Waals surface area contributed by atoms with Gasteiger partial charge in [-0.3, -0.25) is 4.79 Å². The van der Waals surface area contributed by atoms with E-state index < -0.39 is 35.6 Å². The lowest BCUT2D eigenvalue weighted by molar-refractivity contribution is -0.142. The monoisotopic (exact) mass is 422 g/mol. The predicted octanol–water partition coefficient (Wildman–Crippen LogP) is 3.35. The number of hydrogen-bond acceptors (Lipinski definition) is 3. The molecule has 0 aliphatic carbocycles. The third-order valence-electron chi connectivity index (χ3n) is 4.79. The normalized spacial score (nSPS) is 12.9. The minimum atomic E-state index is -1.19. The van der Waals surface area contributed by atoms with Gasteiger partial charge in [0.05, 0.1) is 6.04 Å². The molecule has 4 N–H and O–H groups in total. The highest BCUT2D eigenvalue weighted by Gasteiger charge is 2.22. The van der Waals surface area contributed by atoms with Crippen molar-refractivity contribution in [2.24, 2.45) is 5.73 Å². The van der Waals surface area contributed by atoms with Gasteiger partial charge in [0.15, 0.2) is 11.6 Å². The van der Waals surface area contributed by atoms with Gasteiger partial charge in [-0.25, -0.2) is 18.0 Å². The number of aryl methyl sites for hydroxylation is 2. The van der Waals surface area contributed by atoms with E-state index in [1.54, 1.807) is 12.1 Å². The molecule has 162 valence electrons.